The Morgan fingerprint density at radius 2 is 1.83 bits per heavy atom. The quantitative estimate of drug-likeness (QED) is 0.537. The van der Waals surface area contributed by atoms with Gasteiger partial charge in [-0.05, 0) is 43.2 Å². The zero-order valence-corrected chi connectivity index (χ0v) is 17.6. The molecule has 0 saturated carbocycles. The second-order valence-electron chi connectivity index (χ2n) is 6.54. The molecule has 3 amide bonds. The highest BCUT2D eigenvalue weighted by Crippen LogP contribution is 2.28. The highest BCUT2D eigenvalue weighted by Gasteiger charge is 2.21. The van der Waals surface area contributed by atoms with Crippen LogP contribution < -0.4 is 15.8 Å². The molecule has 0 aliphatic carbocycles. The van der Waals surface area contributed by atoms with Crippen molar-refractivity contribution in [2.45, 2.75) is 30.3 Å². The fraction of sp³-hybridized carbons (Fsp3) is 0.238. The monoisotopic (exact) mass is 425 g/mol. The van der Waals surface area contributed by atoms with Crippen LogP contribution in [0.15, 0.2) is 59.8 Å². The number of benzene rings is 2. The van der Waals surface area contributed by atoms with Gasteiger partial charge in [-0.1, -0.05) is 42.1 Å². The number of methoxy groups -OCH3 is 1. The number of nitrogens with two attached hydrogens (primary N) is 1. The molecule has 1 heterocycles. The first kappa shape index (κ1) is 21.4. The smallest absolute Gasteiger partial charge is 0.318 e. The number of aryl methyl sites for hydroxylation is 1. The van der Waals surface area contributed by atoms with Crippen LogP contribution in [-0.4, -0.2) is 39.1 Å². The van der Waals surface area contributed by atoms with E-state index in [0.29, 0.717) is 17.5 Å². The largest absolute Gasteiger partial charge is 0.497 e. The first-order valence-electron chi connectivity index (χ1n) is 9.36. The lowest BCUT2D eigenvalue weighted by atomic mass is 10.1. The topological polar surface area (TPSA) is 112 Å². The summed E-state index contributed by atoms with van der Waals surface area (Å²) >= 11 is 1.22. The minimum Gasteiger partial charge on any atom is -0.497 e. The Bertz CT molecular complexity index is 1010. The van der Waals surface area contributed by atoms with Crippen LogP contribution in [0.4, 0.5) is 4.79 Å². The van der Waals surface area contributed by atoms with Gasteiger partial charge >= 0.3 is 6.03 Å². The summed E-state index contributed by atoms with van der Waals surface area (Å²) in [7, 11) is 1.62. The molecule has 0 bridgehead atoms. The zero-order valence-electron chi connectivity index (χ0n) is 16.7. The normalized spacial score (nSPS) is 11.7. The van der Waals surface area contributed by atoms with E-state index in [1.807, 2.05) is 47.0 Å². The Morgan fingerprint density at radius 1 is 1.13 bits per heavy atom. The molecule has 3 rings (SSSR count). The fourth-order valence-electron chi connectivity index (χ4n) is 2.85. The number of nitrogens with zero attached hydrogens (tertiary/aromatic N) is 3. The van der Waals surface area contributed by atoms with Gasteiger partial charge in [0, 0.05) is 12.1 Å². The third-order valence-electron chi connectivity index (χ3n) is 4.43. The standard InChI is InChI=1S/C21H23N5O3S/c1-14(19(27)23-20(22)28)30-21-25-24-18(16-8-10-17(29-2)11-9-16)26(21)13-12-15-6-4-3-5-7-15/h3-11,14H,12-13H2,1-2H3,(H3,22,23,27,28)/t14-/m0/s1. The number of hydrogen-bond donors (Lipinski definition) is 2. The maximum Gasteiger partial charge on any atom is 0.318 e. The Morgan fingerprint density at radius 3 is 2.47 bits per heavy atom. The highest BCUT2D eigenvalue weighted by atomic mass is 32.2. The van der Waals surface area contributed by atoms with E-state index in [2.05, 4.69) is 27.6 Å². The number of imide groups is 1. The Kier molecular flexibility index (Phi) is 7.08. The number of ether oxygens (including phenoxy) is 1. The Labute approximate surface area is 178 Å². The van der Waals surface area contributed by atoms with Gasteiger partial charge in [0.25, 0.3) is 0 Å². The van der Waals surface area contributed by atoms with Crippen molar-refractivity contribution in [3.8, 4) is 17.1 Å². The van der Waals surface area contributed by atoms with Crippen LogP contribution in [0.2, 0.25) is 0 Å². The van der Waals surface area contributed by atoms with Crippen molar-refractivity contribution >= 4 is 23.7 Å². The highest BCUT2D eigenvalue weighted by molar-refractivity contribution is 8.00. The van der Waals surface area contributed by atoms with Gasteiger partial charge in [0.05, 0.1) is 12.4 Å². The summed E-state index contributed by atoms with van der Waals surface area (Å²) in [6.07, 6.45) is 0.775. The van der Waals surface area contributed by atoms with Crippen LogP contribution in [0.1, 0.15) is 12.5 Å². The van der Waals surface area contributed by atoms with Crippen LogP contribution in [0.25, 0.3) is 11.4 Å². The molecule has 156 valence electrons. The van der Waals surface area contributed by atoms with E-state index in [-0.39, 0.29) is 0 Å². The average Bonchev–Trinajstić information content (AvgIpc) is 3.14. The molecule has 1 atom stereocenters. The Hall–Kier alpha value is -3.33. The lowest BCUT2D eigenvalue weighted by molar-refractivity contribution is -0.119. The van der Waals surface area contributed by atoms with E-state index >= 15 is 0 Å². The first-order chi connectivity index (χ1) is 14.5. The summed E-state index contributed by atoms with van der Waals surface area (Å²) in [4.78, 5) is 23.1. The summed E-state index contributed by atoms with van der Waals surface area (Å²) in [5.74, 6) is 0.968. The van der Waals surface area contributed by atoms with Gasteiger partial charge in [0.15, 0.2) is 11.0 Å². The van der Waals surface area contributed by atoms with Crippen molar-refractivity contribution in [1.29, 1.82) is 0 Å². The third-order valence-corrected chi connectivity index (χ3v) is 5.51. The number of urea groups is 1. The molecular weight excluding hydrogens is 402 g/mol. The summed E-state index contributed by atoms with van der Waals surface area (Å²) in [5.41, 5.74) is 7.12. The SMILES string of the molecule is COc1ccc(-c2nnc(S[C@@H](C)C(=O)NC(N)=O)n2CCc2ccccc2)cc1. The third kappa shape index (κ3) is 5.38. The van der Waals surface area contributed by atoms with Crippen LogP contribution in [0.3, 0.4) is 0 Å². The predicted molar refractivity (Wildman–Crippen MR) is 115 cm³/mol. The number of amides is 3. The predicted octanol–water partition coefficient (Wildman–Crippen LogP) is 2.87. The molecule has 0 radical (unpaired) electrons. The molecule has 1 aromatic heterocycles. The van der Waals surface area contributed by atoms with E-state index in [4.69, 9.17) is 10.5 Å². The van der Waals surface area contributed by atoms with Gasteiger partial charge in [-0.25, -0.2) is 4.79 Å². The minimum absolute atomic E-state index is 0.476. The molecule has 0 saturated heterocycles. The van der Waals surface area contributed by atoms with E-state index in [1.165, 1.54) is 17.3 Å². The molecule has 2 aromatic carbocycles. The zero-order chi connectivity index (χ0) is 21.5. The molecule has 8 nitrogen and oxygen atoms in total. The molecular formula is C21H23N5O3S. The van der Waals surface area contributed by atoms with Gasteiger partial charge in [-0.15, -0.1) is 10.2 Å². The van der Waals surface area contributed by atoms with Crippen LogP contribution in [0, 0.1) is 0 Å². The van der Waals surface area contributed by atoms with Gasteiger partial charge in [-0.2, -0.15) is 0 Å². The maximum absolute atomic E-state index is 12.1. The van der Waals surface area contributed by atoms with Crippen LogP contribution >= 0.6 is 11.8 Å². The van der Waals surface area contributed by atoms with Gasteiger partial charge in [0.1, 0.15) is 5.75 Å². The summed E-state index contributed by atoms with van der Waals surface area (Å²) < 4.78 is 7.21. The Balaban J connectivity index is 1.88. The number of carbonyl (C=O) groups is 2. The molecule has 9 heteroatoms. The molecule has 0 spiro atoms. The van der Waals surface area contributed by atoms with E-state index in [9.17, 15) is 9.59 Å². The van der Waals surface area contributed by atoms with Crippen molar-refractivity contribution in [3.05, 3.63) is 60.2 Å². The number of primary amides is 1. The van der Waals surface area contributed by atoms with E-state index in [0.717, 1.165) is 17.7 Å². The summed E-state index contributed by atoms with van der Waals surface area (Å²) in [5, 5.41) is 10.8. The minimum atomic E-state index is -0.878. The van der Waals surface area contributed by atoms with Gasteiger partial charge in [-0.3, -0.25) is 10.1 Å². The second-order valence-corrected chi connectivity index (χ2v) is 7.84. The number of carbonyl (C=O) groups excluding carboxylic acids is 2. The van der Waals surface area contributed by atoms with Crippen molar-refractivity contribution in [2.75, 3.05) is 7.11 Å². The number of nitrogens with one attached hydrogen (secondary N) is 1. The van der Waals surface area contributed by atoms with Crippen molar-refractivity contribution in [1.82, 2.24) is 20.1 Å². The molecule has 0 aliphatic rings. The van der Waals surface area contributed by atoms with Crippen molar-refractivity contribution in [2.24, 2.45) is 5.73 Å². The first-order valence-corrected chi connectivity index (χ1v) is 10.2. The lowest BCUT2D eigenvalue weighted by Crippen LogP contribution is -2.39. The molecule has 3 N–H and O–H groups in total. The molecule has 0 fully saturated rings. The lowest BCUT2D eigenvalue weighted by Gasteiger charge is -2.13. The van der Waals surface area contributed by atoms with Crippen molar-refractivity contribution in [3.63, 3.8) is 0 Å². The van der Waals surface area contributed by atoms with Gasteiger partial charge in [0.2, 0.25) is 5.91 Å². The molecule has 0 aliphatic heterocycles. The van der Waals surface area contributed by atoms with Gasteiger partial charge < -0.3 is 15.0 Å². The molecule has 30 heavy (non-hydrogen) atoms. The second kappa shape index (κ2) is 9.93. The van der Waals surface area contributed by atoms with E-state index < -0.39 is 17.2 Å². The number of thioether (sulfide) groups is 1. The molecule has 3 aromatic rings. The number of aromatic nitrogens is 3. The van der Waals surface area contributed by atoms with E-state index in [1.54, 1.807) is 14.0 Å². The summed E-state index contributed by atoms with van der Waals surface area (Å²) in [6.45, 7) is 2.32. The van der Waals surface area contributed by atoms with Crippen molar-refractivity contribution < 1.29 is 14.3 Å². The fourth-order valence-corrected chi connectivity index (χ4v) is 3.73. The van der Waals surface area contributed by atoms with Crippen LogP contribution in [0.5, 0.6) is 5.75 Å². The maximum atomic E-state index is 12.1. The average molecular weight is 426 g/mol. The number of rotatable bonds is 8. The number of hydrogen-bond acceptors (Lipinski definition) is 6. The molecule has 0 unspecified atom stereocenters. The summed E-state index contributed by atoms with van der Waals surface area (Å²) in [6, 6.07) is 16.8. The van der Waals surface area contributed by atoms with Crippen LogP contribution in [-0.2, 0) is 17.8 Å².